The van der Waals surface area contributed by atoms with Crippen molar-refractivity contribution < 1.29 is 9.21 Å². The lowest BCUT2D eigenvalue weighted by molar-refractivity contribution is -0.132. The second-order valence-corrected chi connectivity index (χ2v) is 9.19. The van der Waals surface area contributed by atoms with Crippen molar-refractivity contribution in [1.29, 1.82) is 0 Å². The van der Waals surface area contributed by atoms with Crippen molar-refractivity contribution in [3.8, 4) is 10.8 Å². The monoisotopic (exact) mass is 434 g/mol. The van der Waals surface area contributed by atoms with E-state index in [1.54, 1.807) is 11.3 Å². The quantitative estimate of drug-likeness (QED) is 0.427. The zero-order valence-corrected chi connectivity index (χ0v) is 18.5. The van der Waals surface area contributed by atoms with Crippen LogP contribution in [-0.2, 0) is 18.3 Å². The summed E-state index contributed by atoms with van der Waals surface area (Å²) in [6.45, 7) is 1.48. The Hall–Kier alpha value is -2.93. The van der Waals surface area contributed by atoms with Crippen LogP contribution in [0.3, 0.4) is 0 Å². The molecule has 31 heavy (non-hydrogen) atoms. The number of carbonyl (C=O) groups is 1. The van der Waals surface area contributed by atoms with Crippen molar-refractivity contribution in [1.82, 2.24) is 19.7 Å². The molecule has 6 nitrogen and oxygen atoms in total. The Morgan fingerprint density at radius 1 is 1.23 bits per heavy atom. The Labute approximate surface area is 185 Å². The third kappa shape index (κ3) is 4.14. The summed E-state index contributed by atoms with van der Waals surface area (Å²) < 4.78 is 8.09. The van der Waals surface area contributed by atoms with Gasteiger partial charge in [0.05, 0.1) is 10.8 Å². The predicted octanol–water partition coefficient (Wildman–Crippen LogP) is 5.02. The van der Waals surface area contributed by atoms with Crippen molar-refractivity contribution >= 4 is 28.1 Å². The number of amides is 1. The molecule has 1 saturated heterocycles. The number of piperidine rings is 1. The number of hydrogen-bond donors (Lipinski definition) is 0. The number of thiophene rings is 1. The molecule has 4 heterocycles. The highest BCUT2D eigenvalue weighted by Crippen LogP contribution is 2.30. The normalized spacial score (nSPS) is 16.8. The molecule has 1 fully saturated rings. The van der Waals surface area contributed by atoms with Gasteiger partial charge in [0.15, 0.2) is 0 Å². The van der Waals surface area contributed by atoms with Crippen LogP contribution >= 0.6 is 11.3 Å². The van der Waals surface area contributed by atoms with E-state index in [-0.39, 0.29) is 11.8 Å². The number of rotatable bonds is 6. The molecule has 1 aromatic carbocycles. The van der Waals surface area contributed by atoms with Gasteiger partial charge < -0.3 is 13.9 Å². The highest BCUT2D eigenvalue weighted by Gasteiger charge is 2.28. The Morgan fingerprint density at radius 2 is 2.13 bits per heavy atom. The SMILES string of the molecule is Cn1cc(CCCC(=O)N2CCC[C@@H](c3nnc(-c4cccs4)o3)C2)c2ccccc21. The molecule has 5 rings (SSSR count). The summed E-state index contributed by atoms with van der Waals surface area (Å²) in [6, 6.07) is 12.4. The van der Waals surface area contributed by atoms with E-state index in [2.05, 4.69) is 52.3 Å². The Kier molecular flexibility index (Phi) is 5.59. The fraction of sp³-hybridized carbons (Fsp3) is 0.375. The lowest BCUT2D eigenvalue weighted by Crippen LogP contribution is -2.39. The number of hydrogen-bond acceptors (Lipinski definition) is 5. The Balaban J connectivity index is 1.18. The summed E-state index contributed by atoms with van der Waals surface area (Å²) in [4.78, 5) is 15.8. The summed E-state index contributed by atoms with van der Waals surface area (Å²) in [5, 5.41) is 11.8. The largest absolute Gasteiger partial charge is 0.420 e. The molecule has 0 radical (unpaired) electrons. The number of aryl methyl sites for hydroxylation is 2. The van der Waals surface area contributed by atoms with Gasteiger partial charge in [-0.05, 0) is 48.8 Å². The summed E-state index contributed by atoms with van der Waals surface area (Å²) >= 11 is 1.59. The summed E-state index contributed by atoms with van der Waals surface area (Å²) in [5.41, 5.74) is 2.55. The van der Waals surface area contributed by atoms with Gasteiger partial charge >= 0.3 is 0 Å². The lowest BCUT2D eigenvalue weighted by atomic mass is 9.97. The third-order valence-corrected chi connectivity index (χ3v) is 6.97. The zero-order valence-electron chi connectivity index (χ0n) is 17.7. The minimum Gasteiger partial charge on any atom is -0.420 e. The average Bonchev–Trinajstić information content (AvgIpc) is 3.55. The van der Waals surface area contributed by atoms with Gasteiger partial charge in [-0.1, -0.05) is 24.3 Å². The second-order valence-electron chi connectivity index (χ2n) is 8.24. The molecule has 0 bridgehead atoms. The maximum Gasteiger partial charge on any atom is 0.257 e. The van der Waals surface area contributed by atoms with E-state index in [1.165, 1.54) is 16.5 Å². The molecule has 7 heteroatoms. The van der Waals surface area contributed by atoms with E-state index in [4.69, 9.17) is 4.42 Å². The zero-order chi connectivity index (χ0) is 21.2. The van der Waals surface area contributed by atoms with Gasteiger partial charge in [0.1, 0.15) is 0 Å². The van der Waals surface area contributed by atoms with E-state index in [0.717, 1.165) is 37.1 Å². The molecule has 1 atom stereocenters. The van der Waals surface area contributed by atoms with Crippen LogP contribution in [0.25, 0.3) is 21.7 Å². The summed E-state index contributed by atoms with van der Waals surface area (Å²) in [7, 11) is 2.08. The number of fused-ring (bicyclic) bond motifs is 1. The van der Waals surface area contributed by atoms with Crippen molar-refractivity contribution in [3.05, 3.63) is 59.4 Å². The number of benzene rings is 1. The molecule has 160 valence electrons. The van der Waals surface area contributed by atoms with Crippen LogP contribution in [0.1, 0.15) is 43.1 Å². The summed E-state index contributed by atoms with van der Waals surface area (Å²) in [6.07, 6.45) is 6.48. The van der Waals surface area contributed by atoms with E-state index < -0.39 is 0 Å². The first-order chi connectivity index (χ1) is 15.2. The van der Waals surface area contributed by atoms with Crippen LogP contribution in [-0.4, -0.2) is 38.7 Å². The number of nitrogens with zero attached hydrogens (tertiary/aromatic N) is 4. The Morgan fingerprint density at radius 3 is 3.00 bits per heavy atom. The molecule has 1 aliphatic rings. The second kappa shape index (κ2) is 8.67. The molecule has 0 N–H and O–H groups in total. The predicted molar refractivity (Wildman–Crippen MR) is 122 cm³/mol. The van der Waals surface area contributed by atoms with Crippen LogP contribution in [0.15, 0.2) is 52.4 Å². The molecule has 3 aromatic heterocycles. The van der Waals surface area contributed by atoms with Gasteiger partial charge in [-0.3, -0.25) is 4.79 Å². The number of aromatic nitrogens is 3. The molecule has 0 saturated carbocycles. The van der Waals surface area contributed by atoms with Crippen LogP contribution < -0.4 is 0 Å². The lowest BCUT2D eigenvalue weighted by Gasteiger charge is -2.31. The van der Waals surface area contributed by atoms with Crippen molar-refractivity contribution in [2.24, 2.45) is 7.05 Å². The van der Waals surface area contributed by atoms with Crippen molar-refractivity contribution in [2.75, 3.05) is 13.1 Å². The standard InChI is InChI=1S/C24H26N4O2S/c1-27-15-17(19-9-2-3-10-20(19)27)7-4-12-22(29)28-13-5-8-18(16-28)23-25-26-24(30-23)21-11-6-14-31-21/h2-3,6,9-11,14-15,18H,4-5,7-8,12-13,16H2,1H3/t18-/m1/s1. The number of likely N-dealkylation sites (tertiary alicyclic amines) is 1. The average molecular weight is 435 g/mol. The van der Waals surface area contributed by atoms with Gasteiger partial charge in [0.2, 0.25) is 11.8 Å². The van der Waals surface area contributed by atoms with Gasteiger partial charge in [0.25, 0.3) is 5.89 Å². The molecule has 1 aliphatic heterocycles. The maximum atomic E-state index is 12.9. The van der Waals surface area contributed by atoms with E-state index in [0.29, 0.717) is 24.7 Å². The van der Waals surface area contributed by atoms with Crippen molar-refractivity contribution in [2.45, 2.75) is 38.0 Å². The molecule has 0 spiro atoms. The van der Waals surface area contributed by atoms with Crippen LogP contribution in [0.2, 0.25) is 0 Å². The molecule has 0 unspecified atom stereocenters. The highest BCUT2D eigenvalue weighted by molar-refractivity contribution is 7.13. The third-order valence-electron chi connectivity index (χ3n) is 6.11. The summed E-state index contributed by atoms with van der Waals surface area (Å²) in [5.74, 6) is 1.57. The fourth-order valence-electron chi connectivity index (χ4n) is 4.52. The smallest absolute Gasteiger partial charge is 0.257 e. The maximum absolute atomic E-state index is 12.9. The number of carbonyl (C=O) groups excluding carboxylic acids is 1. The van der Waals surface area contributed by atoms with E-state index in [1.807, 2.05) is 22.4 Å². The molecular weight excluding hydrogens is 408 g/mol. The first-order valence-electron chi connectivity index (χ1n) is 10.9. The van der Waals surface area contributed by atoms with Gasteiger partial charge in [-0.2, -0.15) is 0 Å². The van der Waals surface area contributed by atoms with Crippen LogP contribution in [0.4, 0.5) is 0 Å². The van der Waals surface area contributed by atoms with Crippen LogP contribution in [0, 0.1) is 0 Å². The molecule has 4 aromatic rings. The van der Waals surface area contributed by atoms with Crippen molar-refractivity contribution in [3.63, 3.8) is 0 Å². The first-order valence-corrected chi connectivity index (χ1v) is 11.7. The van der Waals surface area contributed by atoms with Gasteiger partial charge in [-0.25, -0.2) is 0 Å². The number of para-hydroxylation sites is 1. The van der Waals surface area contributed by atoms with E-state index in [9.17, 15) is 4.79 Å². The van der Waals surface area contributed by atoms with E-state index >= 15 is 0 Å². The molecule has 0 aliphatic carbocycles. The van der Waals surface area contributed by atoms with Crippen LogP contribution in [0.5, 0.6) is 0 Å². The minimum absolute atomic E-state index is 0.122. The van der Waals surface area contributed by atoms with Gasteiger partial charge in [-0.15, -0.1) is 21.5 Å². The highest BCUT2D eigenvalue weighted by atomic mass is 32.1. The molecule has 1 amide bonds. The van der Waals surface area contributed by atoms with Gasteiger partial charge in [0, 0.05) is 43.7 Å². The fourth-order valence-corrected chi connectivity index (χ4v) is 5.16. The Bertz CT molecular complexity index is 1180. The minimum atomic E-state index is 0.122. The topological polar surface area (TPSA) is 64.2 Å². The molecular formula is C24H26N4O2S. The first kappa shape index (κ1) is 20.0.